The van der Waals surface area contributed by atoms with E-state index in [-0.39, 0.29) is 0 Å². The van der Waals surface area contributed by atoms with Crippen molar-refractivity contribution in [3.8, 4) is 0 Å². The molecular formula is C12H20N2S. The fourth-order valence-electron chi connectivity index (χ4n) is 1.60. The summed E-state index contributed by atoms with van der Waals surface area (Å²) in [7, 11) is 2.13. The maximum atomic E-state index is 5.81. The molecule has 0 saturated carbocycles. The first-order valence-corrected chi connectivity index (χ1v) is 6.53. The summed E-state index contributed by atoms with van der Waals surface area (Å²) in [6.07, 6.45) is 2.14. The Labute approximate surface area is 96.8 Å². The zero-order valence-electron chi connectivity index (χ0n) is 9.95. The molecule has 2 nitrogen and oxygen atoms in total. The second-order valence-electron chi connectivity index (χ2n) is 3.96. The predicted molar refractivity (Wildman–Crippen MR) is 71.8 cm³/mol. The summed E-state index contributed by atoms with van der Waals surface area (Å²) in [6.45, 7) is 4.36. The third-order valence-corrected chi connectivity index (χ3v) is 3.50. The van der Waals surface area contributed by atoms with Crippen molar-refractivity contribution in [3.63, 3.8) is 0 Å². The Hall–Kier alpha value is -0.830. The highest BCUT2D eigenvalue weighted by atomic mass is 32.2. The second kappa shape index (κ2) is 5.31. The van der Waals surface area contributed by atoms with Crippen molar-refractivity contribution in [1.29, 1.82) is 0 Å². The summed E-state index contributed by atoms with van der Waals surface area (Å²) in [5.41, 5.74) is 9.15. The molecule has 2 N–H and O–H groups in total. The molecule has 1 unspecified atom stereocenters. The molecule has 0 fully saturated rings. The number of rotatable bonds is 4. The van der Waals surface area contributed by atoms with E-state index in [2.05, 4.69) is 38.1 Å². The number of nitrogens with zero attached hydrogens (tertiary/aromatic N) is 1. The van der Waals surface area contributed by atoms with Crippen LogP contribution in [-0.2, 0) is 0 Å². The smallest absolute Gasteiger partial charge is 0.0416 e. The predicted octanol–water partition coefficient (Wildman–Crippen LogP) is 2.76. The van der Waals surface area contributed by atoms with Gasteiger partial charge in [-0.05, 0) is 37.8 Å². The Balaban J connectivity index is 2.89. The average molecular weight is 224 g/mol. The number of benzene rings is 1. The van der Waals surface area contributed by atoms with Gasteiger partial charge in [0.1, 0.15) is 0 Å². The van der Waals surface area contributed by atoms with Crippen LogP contribution < -0.4 is 10.6 Å². The maximum absolute atomic E-state index is 5.81. The molecule has 0 aromatic heterocycles. The minimum absolute atomic E-state index is 0.528. The van der Waals surface area contributed by atoms with Crippen LogP contribution in [-0.4, -0.2) is 25.1 Å². The zero-order valence-corrected chi connectivity index (χ0v) is 10.8. The van der Waals surface area contributed by atoms with Crippen LogP contribution in [0.15, 0.2) is 18.2 Å². The van der Waals surface area contributed by atoms with Crippen molar-refractivity contribution >= 4 is 23.1 Å². The van der Waals surface area contributed by atoms with Crippen molar-refractivity contribution in [2.45, 2.75) is 19.9 Å². The first-order chi connectivity index (χ1) is 7.06. The highest BCUT2D eigenvalue weighted by Gasteiger charge is 2.11. The van der Waals surface area contributed by atoms with Gasteiger partial charge in [0.15, 0.2) is 0 Å². The van der Waals surface area contributed by atoms with Crippen LogP contribution in [0.1, 0.15) is 12.5 Å². The summed E-state index contributed by atoms with van der Waals surface area (Å²) in [5, 5.41) is 0. The third-order valence-electron chi connectivity index (χ3n) is 2.68. The number of nitrogens with two attached hydrogens (primary N) is 1. The number of hydrogen-bond acceptors (Lipinski definition) is 3. The van der Waals surface area contributed by atoms with Crippen molar-refractivity contribution in [1.82, 2.24) is 0 Å². The Morgan fingerprint density at radius 2 is 2.13 bits per heavy atom. The Morgan fingerprint density at radius 1 is 1.47 bits per heavy atom. The van der Waals surface area contributed by atoms with Gasteiger partial charge in [-0.2, -0.15) is 11.8 Å². The lowest BCUT2D eigenvalue weighted by molar-refractivity contribution is 0.763. The third kappa shape index (κ3) is 3.06. The highest BCUT2D eigenvalue weighted by molar-refractivity contribution is 7.98. The van der Waals surface area contributed by atoms with Crippen molar-refractivity contribution in [3.05, 3.63) is 23.8 Å². The van der Waals surface area contributed by atoms with Gasteiger partial charge in [0, 0.05) is 30.2 Å². The van der Waals surface area contributed by atoms with Gasteiger partial charge in [-0.25, -0.2) is 0 Å². The number of aryl methyl sites for hydroxylation is 1. The van der Waals surface area contributed by atoms with Crippen LogP contribution in [0.25, 0.3) is 0 Å². The van der Waals surface area contributed by atoms with Gasteiger partial charge in [0.25, 0.3) is 0 Å². The number of thioether (sulfide) groups is 1. The van der Waals surface area contributed by atoms with E-state index in [9.17, 15) is 0 Å². The van der Waals surface area contributed by atoms with E-state index in [0.717, 1.165) is 11.4 Å². The highest BCUT2D eigenvalue weighted by Crippen LogP contribution is 2.24. The standard InChI is InChI=1S/C12H20N2S/c1-9-5-6-11(13)7-12(9)14(3)10(2)8-15-4/h5-7,10H,8,13H2,1-4H3. The molecule has 0 radical (unpaired) electrons. The molecule has 84 valence electrons. The SMILES string of the molecule is CSCC(C)N(C)c1cc(N)ccc1C. The van der Waals surface area contributed by atoms with Crippen molar-refractivity contribution < 1.29 is 0 Å². The topological polar surface area (TPSA) is 29.3 Å². The second-order valence-corrected chi connectivity index (χ2v) is 4.87. The molecule has 1 aromatic rings. The van der Waals surface area contributed by atoms with Crippen LogP contribution in [0.2, 0.25) is 0 Å². The number of nitrogen functional groups attached to an aromatic ring is 1. The van der Waals surface area contributed by atoms with Crippen molar-refractivity contribution in [2.75, 3.05) is 29.7 Å². The molecule has 1 rings (SSSR count). The summed E-state index contributed by atoms with van der Waals surface area (Å²) in [4.78, 5) is 2.29. The number of anilines is 2. The van der Waals surface area contributed by atoms with E-state index in [1.54, 1.807) is 0 Å². The van der Waals surface area contributed by atoms with Gasteiger partial charge in [0.2, 0.25) is 0 Å². The van der Waals surface area contributed by atoms with Crippen LogP contribution in [0, 0.1) is 6.92 Å². The quantitative estimate of drug-likeness (QED) is 0.797. The minimum atomic E-state index is 0.528. The molecule has 1 aromatic carbocycles. The van der Waals surface area contributed by atoms with E-state index >= 15 is 0 Å². The fourth-order valence-corrected chi connectivity index (χ4v) is 2.30. The van der Waals surface area contributed by atoms with E-state index in [0.29, 0.717) is 6.04 Å². The number of hydrogen-bond donors (Lipinski definition) is 1. The van der Waals surface area contributed by atoms with Crippen LogP contribution in [0.5, 0.6) is 0 Å². The average Bonchev–Trinajstić information content (AvgIpc) is 2.21. The summed E-state index contributed by atoms with van der Waals surface area (Å²) >= 11 is 1.87. The van der Waals surface area contributed by atoms with Crippen molar-refractivity contribution in [2.24, 2.45) is 0 Å². The molecule has 0 bridgehead atoms. The lowest BCUT2D eigenvalue weighted by atomic mass is 10.1. The largest absolute Gasteiger partial charge is 0.399 e. The molecule has 0 spiro atoms. The molecule has 0 heterocycles. The van der Waals surface area contributed by atoms with E-state index < -0.39 is 0 Å². The maximum Gasteiger partial charge on any atom is 0.0416 e. The Kier molecular flexibility index (Phi) is 4.33. The molecular weight excluding hydrogens is 204 g/mol. The molecule has 0 aliphatic carbocycles. The summed E-state index contributed by atoms with van der Waals surface area (Å²) in [5.74, 6) is 1.13. The Morgan fingerprint density at radius 3 is 2.73 bits per heavy atom. The fraction of sp³-hybridized carbons (Fsp3) is 0.500. The van der Waals surface area contributed by atoms with Gasteiger partial charge in [-0.3, -0.25) is 0 Å². The molecule has 3 heteroatoms. The first kappa shape index (κ1) is 12.2. The van der Waals surface area contributed by atoms with Gasteiger partial charge in [-0.15, -0.1) is 0 Å². The van der Waals surface area contributed by atoms with E-state index in [1.807, 2.05) is 23.9 Å². The molecule has 0 amide bonds. The summed E-state index contributed by atoms with van der Waals surface area (Å²) in [6, 6.07) is 6.60. The lowest BCUT2D eigenvalue weighted by Gasteiger charge is -2.28. The molecule has 0 saturated heterocycles. The van der Waals surface area contributed by atoms with Crippen LogP contribution in [0.3, 0.4) is 0 Å². The van der Waals surface area contributed by atoms with Crippen LogP contribution in [0.4, 0.5) is 11.4 Å². The Bertz CT molecular complexity index is 325. The van der Waals surface area contributed by atoms with Gasteiger partial charge in [-0.1, -0.05) is 6.07 Å². The molecule has 0 aliphatic rings. The first-order valence-electron chi connectivity index (χ1n) is 5.14. The van der Waals surface area contributed by atoms with Gasteiger partial charge in [0.05, 0.1) is 0 Å². The lowest BCUT2D eigenvalue weighted by Crippen LogP contribution is -2.31. The molecule has 0 aliphatic heterocycles. The molecule has 15 heavy (non-hydrogen) atoms. The monoisotopic (exact) mass is 224 g/mol. The minimum Gasteiger partial charge on any atom is -0.399 e. The summed E-state index contributed by atoms with van der Waals surface area (Å²) < 4.78 is 0. The van der Waals surface area contributed by atoms with Crippen LogP contribution >= 0.6 is 11.8 Å². The molecule has 1 atom stereocenters. The zero-order chi connectivity index (χ0) is 11.4. The normalized spacial score (nSPS) is 12.5. The van der Waals surface area contributed by atoms with Gasteiger partial charge < -0.3 is 10.6 Å². The van der Waals surface area contributed by atoms with E-state index in [1.165, 1.54) is 11.3 Å². The van der Waals surface area contributed by atoms with E-state index in [4.69, 9.17) is 5.73 Å². The van der Waals surface area contributed by atoms with Gasteiger partial charge >= 0.3 is 0 Å².